The number of nitrogens with zero attached hydrogens (tertiary/aromatic N) is 1. The zero-order chi connectivity index (χ0) is 15.9. The molecule has 1 heterocycles. The smallest absolute Gasteiger partial charge is 0.234 e. The van der Waals surface area contributed by atoms with Gasteiger partial charge in [-0.1, -0.05) is 12.1 Å². The van der Waals surface area contributed by atoms with Crippen LogP contribution >= 0.6 is 11.3 Å². The summed E-state index contributed by atoms with van der Waals surface area (Å²) in [6.45, 7) is -0.141. The summed E-state index contributed by atoms with van der Waals surface area (Å²) in [5.41, 5.74) is 6.25. The lowest BCUT2D eigenvalue weighted by Crippen LogP contribution is -2.42. The second-order valence-corrected chi connectivity index (χ2v) is 5.78. The van der Waals surface area contributed by atoms with Crippen molar-refractivity contribution in [2.45, 2.75) is 25.0 Å². The number of hydrogen-bond acceptors (Lipinski definition) is 5. The van der Waals surface area contributed by atoms with Gasteiger partial charge in [0, 0.05) is 11.6 Å². The lowest BCUT2D eigenvalue weighted by atomic mass is 10.0. The monoisotopic (exact) mass is 323 g/mol. The maximum Gasteiger partial charge on any atom is 0.234 e. The molecule has 2 atom stereocenters. The minimum absolute atomic E-state index is 0.141. The van der Waals surface area contributed by atoms with E-state index in [0.29, 0.717) is 17.8 Å². The van der Waals surface area contributed by atoms with Crippen LogP contribution in [0.4, 0.5) is 4.39 Å². The summed E-state index contributed by atoms with van der Waals surface area (Å²) in [5, 5.41) is 15.4. The van der Waals surface area contributed by atoms with Crippen LogP contribution in [0.1, 0.15) is 23.1 Å². The third-order valence-electron chi connectivity index (χ3n) is 3.27. The highest BCUT2D eigenvalue weighted by Crippen LogP contribution is 2.22. The molecule has 4 N–H and O–H groups in total. The van der Waals surface area contributed by atoms with Gasteiger partial charge in [0.2, 0.25) is 5.91 Å². The highest BCUT2D eigenvalue weighted by atomic mass is 32.1. The number of carbonyl (C=O) groups is 1. The first kappa shape index (κ1) is 16.5. The zero-order valence-electron chi connectivity index (χ0n) is 11.9. The van der Waals surface area contributed by atoms with Gasteiger partial charge in [0.05, 0.1) is 12.6 Å². The fourth-order valence-electron chi connectivity index (χ4n) is 2.10. The van der Waals surface area contributed by atoms with Crippen LogP contribution in [0.2, 0.25) is 0 Å². The molecule has 1 aromatic heterocycles. The molecule has 0 saturated heterocycles. The van der Waals surface area contributed by atoms with Crippen molar-refractivity contribution in [3.8, 4) is 0 Å². The Bertz CT molecular complexity index is 589. The number of carbonyl (C=O) groups excluding carboxylic acids is 1. The third kappa shape index (κ3) is 4.59. The third-order valence-corrected chi connectivity index (χ3v) is 4.12. The second kappa shape index (κ2) is 7.98. The van der Waals surface area contributed by atoms with E-state index in [9.17, 15) is 14.3 Å². The fraction of sp³-hybridized carbons (Fsp3) is 0.333. The molecule has 1 aromatic carbocycles. The van der Waals surface area contributed by atoms with E-state index in [0.717, 1.165) is 5.56 Å². The topological polar surface area (TPSA) is 88.2 Å². The first-order valence-corrected chi connectivity index (χ1v) is 7.79. The number of nitrogens with one attached hydrogen (secondary N) is 1. The first-order chi connectivity index (χ1) is 10.6. The fourth-order valence-corrected chi connectivity index (χ4v) is 2.79. The van der Waals surface area contributed by atoms with Gasteiger partial charge in [0.15, 0.2) is 0 Å². The molecule has 2 rings (SSSR count). The van der Waals surface area contributed by atoms with E-state index >= 15 is 0 Å². The number of rotatable bonds is 7. The van der Waals surface area contributed by atoms with E-state index in [-0.39, 0.29) is 18.3 Å². The molecular weight excluding hydrogens is 305 g/mol. The molecule has 0 aliphatic carbocycles. The maximum atomic E-state index is 12.9. The minimum atomic E-state index is -0.893. The molecule has 0 spiro atoms. The van der Waals surface area contributed by atoms with Crippen molar-refractivity contribution in [1.29, 1.82) is 0 Å². The number of aliphatic hydroxyl groups excluding tert-OH is 1. The predicted octanol–water partition coefficient (Wildman–Crippen LogP) is 1.39. The summed E-state index contributed by atoms with van der Waals surface area (Å²) < 4.78 is 12.9. The number of amides is 1. The number of nitrogens with two attached hydrogens (primary N) is 1. The van der Waals surface area contributed by atoms with Gasteiger partial charge in [-0.05, 0) is 30.5 Å². The van der Waals surface area contributed by atoms with Gasteiger partial charge in [-0.2, -0.15) is 0 Å². The van der Waals surface area contributed by atoms with Crippen LogP contribution in [-0.4, -0.2) is 28.6 Å². The van der Waals surface area contributed by atoms with Gasteiger partial charge in [0.1, 0.15) is 16.9 Å². The number of halogens is 1. The average molecular weight is 323 g/mol. The molecule has 1 amide bonds. The molecule has 2 aromatic rings. The number of thiazole rings is 1. The standard InChI is InChI=1S/C15H18FN3O2S/c16-11-4-1-10(2-5-11)3-6-12(19-13(20)9-17)14(21)15-18-7-8-22-15/h1-2,4-5,7-8,12,14,21H,3,6,9,17H2,(H,19,20). The van der Waals surface area contributed by atoms with Crippen molar-refractivity contribution in [1.82, 2.24) is 10.3 Å². The number of aryl methyl sites for hydroxylation is 1. The molecule has 0 radical (unpaired) electrons. The summed E-state index contributed by atoms with van der Waals surface area (Å²) in [6.07, 6.45) is 1.80. The van der Waals surface area contributed by atoms with E-state index < -0.39 is 12.1 Å². The summed E-state index contributed by atoms with van der Waals surface area (Å²) in [4.78, 5) is 15.6. The summed E-state index contributed by atoms with van der Waals surface area (Å²) in [7, 11) is 0. The average Bonchev–Trinajstić information content (AvgIpc) is 3.06. The van der Waals surface area contributed by atoms with Crippen molar-refractivity contribution in [2.24, 2.45) is 5.73 Å². The van der Waals surface area contributed by atoms with E-state index in [4.69, 9.17) is 5.73 Å². The number of aliphatic hydroxyl groups is 1. The number of benzene rings is 1. The number of aromatic nitrogens is 1. The summed E-state index contributed by atoms with van der Waals surface area (Å²) in [6, 6.07) is 5.66. The van der Waals surface area contributed by atoms with Gasteiger partial charge in [0.25, 0.3) is 0 Å². The zero-order valence-corrected chi connectivity index (χ0v) is 12.7. The molecule has 0 aliphatic heterocycles. The molecule has 2 unspecified atom stereocenters. The highest BCUT2D eigenvalue weighted by molar-refractivity contribution is 7.09. The maximum absolute atomic E-state index is 12.9. The van der Waals surface area contributed by atoms with Gasteiger partial charge < -0.3 is 16.2 Å². The second-order valence-electron chi connectivity index (χ2n) is 4.86. The molecule has 5 nitrogen and oxygen atoms in total. The van der Waals surface area contributed by atoms with Crippen LogP contribution < -0.4 is 11.1 Å². The molecule has 118 valence electrons. The molecule has 0 aliphatic rings. The quantitative estimate of drug-likeness (QED) is 0.718. The van der Waals surface area contributed by atoms with Crippen molar-refractivity contribution in [3.05, 3.63) is 52.2 Å². The van der Waals surface area contributed by atoms with Crippen LogP contribution in [0, 0.1) is 5.82 Å². The van der Waals surface area contributed by atoms with Gasteiger partial charge in [-0.25, -0.2) is 9.37 Å². The Morgan fingerprint density at radius 2 is 2.14 bits per heavy atom. The summed E-state index contributed by atoms with van der Waals surface area (Å²) in [5.74, 6) is -0.626. The van der Waals surface area contributed by atoms with E-state index in [2.05, 4.69) is 10.3 Å². The van der Waals surface area contributed by atoms with Crippen molar-refractivity contribution < 1.29 is 14.3 Å². The van der Waals surface area contributed by atoms with Crippen LogP contribution in [0.15, 0.2) is 35.8 Å². The van der Waals surface area contributed by atoms with Crippen LogP contribution in [0.25, 0.3) is 0 Å². The van der Waals surface area contributed by atoms with Crippen molar-refractivity contribution in [2.75, 3.05) is 6.54 Å². The van der Waals surface area contributed by atoms with Crippen molar-refractivity contribution in [3.63, 3.8) is 0 Å². The molecule has 0 fully saturated rings. The van der Waals surface area contributed by atoms with E-state index in [1.54, 1.807) is 23.7 Å². The molecule has 0 bridgehead atoms. The van der Waals surface area contributed by atoms with Gasteiger partial charge in [-0.15, -0.1) is 11.3 Å². The summed E-state index contributed by atoms with van der Waals surface area (Å²) >= 11 is 1.32. The Balaban J connectivity index is 2.03. The minimum Gasteiger partial charge on any atom is -0.384 e. The van der Waals surface area contributed by atoms with E-state index in [1.807, 2.05) is 0 Å². The Kier molecular flexibility index (Phi) is 6.00. The largest absolute Gasteiger partial charge is 0.384 e. The van der Waals surface area contributed by atoms with Crippen LogP contribution in [0.3, 0.4) is 0 Å². The predicted molar refractivity (Wildman–Crippen MR) is 82.8 cm³/mol. The normalized spacial score (nSPS) is 13.6. The number of hydrogen-bond donors (Lipinski definition) is 3. The Morgan fingerprint density at radius 1 is 1.41 bits per heavy atom. The lowest BCUT2D eigenvalue weighted by Gasteiger charge is -2.22. The SMILES string of the molecule is NCC(=O)NC(CCc1ccc(F)cc1)C(O)c1nccs1. The highest BCUT2D eigenvalue weighted by Gasteiger charge is 2.24. The van der Waals surface area contributed by atoms with Gasteiger partial charge in [-0.3, -0.25) is 4.79 Å². The molecular formula is C15H18FN3O2S. The first-order valence-electron chi connectivity index (χ1n) is 6.91. The Labute approximate surface area is 132 Å². The van der Waals surface area contributed by atoms with Crippen LogP contribution in [-0.2, 0) is 11.2 Å². The van der Waals surface area contributed by atoms with E-state index in [1.165, 1.54) is 23.5 Å². The molecule has 7 heteroatoms. The molecule has 22 heavy (non-hydrogen) atoms. The van der Waals surface area contributed by atoms with Crippen molar-refractivity contribution >= 4 is 17.2 Å². The molecule has 0 saturated carbocycles. The van der Waals surface area contributed by atoms with Crippen LogP contribution in [0.5, 0.6) is 0 Å². The Morgan fingerprint density at radius 3 is 2.73 bits per heavy atom. The lowest BCUT2D eigenvalue weighted by molar-refractivity contribution is -0.121. The Hall–Kier alpha value is -1.83. The van der Waals surface area contributed by atoms with Gasteiger partial charge >= 0.3 is 0 Å².